The summed E-state index contributed by atoms with van der Waals surface area (Å²) in [5, 5.41) is 10.9. The molecule has 2 aliphatic carbocycles. The van der Waals surface area contributed by atoms with Crippen LogP contribution in [-0.2, 0) is 18.3 Å². The van der Waals surface area contributed by atoms with Crippen molar-refractivity contribution < 1.29 is 14.6 Å². The number of likely N-dealkylation sites (tertiary alicyclic amines) is 1. The molecule has 1 aromatic carbocycles. The van der Waals surface area contributed by atoms with E-state index >= 15 is 0 Å². The molecule has 1 N–H and O–H groups in total. The second-order valence-corrected chi connectivity index (χ2v) is 8.94. The van der Waals surface area contributed by atoms with Gasteiger partial charge in [-0.3, -0.25) is 4.98 Å². The predicted octanol–water partition coefficient (Wildman–Crippen LogP) is 2.49. The van der Waals surface area contributed by atoms with Crippen LogP contribution in [0.3, 0.4) is 0 Å². The summed E-state index contributed by atoms with van der Waals surface area (Å²) in [5.41, 5.74) is 5.02. The van der Waals surface area contributed by atoms with E-state index in [2.05, 4.69) is 35.1 Å². The molecule has 0 amide bonds. The Morgan fingerprint density at radius 1 is 1.38 bits per heavy atom. The fourth-order valence-corrected chi connectivity index (χ4v) is 6.42. The first-order valence-corrected chi connectivity index (χ1v) is 10.5. The summed E-state index contributed by atoms with van der Waals surface area (Å²) in [6.45, 7) is 1.02. The van der Waals surface area contributed by atoms with Crippen LogP contribution in [0.4, 0.5) is 0 Å². The minimum absolute atomic E-state index is 0.160. The summed E-state index contributed by atoms with van der Waals surface area (Å²) in [4.78, 5) is 6.79. The summed E-state index contributed by atoms with van der Waals surface area (Å²) in [5.74, 6) is 2.01. The van der Waals surface area contributed by atoms with Crippen LogP contribution in [0.5, 0.6) is 11.5 Å². The maximum atomic E-state index is 10.9. The number of nitrogens with zero attached hydrogens (tertiary/aromatic N) is 2. The molecule has 2 aromatic rings. The molecule has 0 unspecified atom stereocenters. The second kappa shape index (κ2) is 6.07. The molecule has 4 aliphatic rings. The zero-order valence-corrected chi connectivity index (χ0v) is 16.8. The predicted molar refractivity (Wildman–Crippen MR) is 110 cm³/mol. The van der Waals surface area contributed by atoms with Crippen LogP contribution in [-0.4, -0.2) is 53.9 Å². The maximum absolute atomic E-state index is 10.9. The Morgan fingerprint density at radius 2 is 2.28 bits per heavy atom. The molecule has 150 valence electrons. The standard InChI is InChI=1S/C24H26N2O3/c1-26-9-7-24-17-5-6-19(27)23(24)29-22-20(28-2)11-15(10-14-4-3-8-25-13-14)16(21(22)24)12-18(17)26/h3-6,8,11,13,17-19,23,27H,7,9-10,12H2,1-2H3/t17-,18+,19-,23-,24-/m0/s1. The van der Waals surface area contributed by atoms with Crippen molar-refractivity contribution in [1.29, 1.82) is 0 Å². The fourth-order valence-electron chi connectivity index (χ4n) is 6.42. The smallest absolute Gasteiger partial charge is 0.166 e. The number of aliphatic hydroxyl groups is 1. The minimum atomic E-state index is -0.583. The number of pyridine rings is 1. The number of hydrogen-bond acceptors (Lipinski definition) is 5. The number of methoxy groups -OCH3 is 1. The van der Waals surface area contributed by atoms with Crippen LogP contribution in [0.25, 0.3) is 0 Å². The molecule has 1 fully saturated rings. The van der Waals surface area contributed by atoms with Gasteiger partial charge in [0.25, 0.3) is 0 Å². The van der Waals surface area contributed by atoms with E-state index in [1.807, 2.05) is 24.5 Å². The van der Waals surface area contributed by atoms with E-state index in [0.29, 0.717) is 12.0 Å². The van der Waals surface area contributed by atoms with Crippen molar-refractivity contribution in [3.8, 4) is 11.5 Å². The van der Waals surface area contributed by atoms with E-state index in [-0.39, 0.29) is 11.5 Å². The third-order valence-corrected chi connectivity index (χ3v) is 7.69. The van der Waals surface area contributed by atoms with Crippen molar-refractivity contribution in [1.82, 2.24) is 9.88 Å². The fraction of sp³-hybridized carbons (Fsp3) is 0.458. The molecule has 29 heavy (non-hydrogen) atoms. The van der Waals surface area contributed by atoms with E-state index < -0.39 is 6.10 Å². The Labute approximate surface area is 171 Å². The van der Waals surface area contributed by atoms with Crippen molar-refractivity contribution in [2.45, 2.75) is 42.9 Å². The molecule has 3 heterocycles. The number of aromatic nitrogens is 1. The van der Waals surface area contributed by atoms with Crippen LogP contribution in [0.2, 0.25) is 0 Å². The molecule has 1 spiro atoms. The number of likely N-dealkylation sites (N-methyl/N-ethyl adjacent to an activating group) is 1. The Bertz CT molecular complexity index is 1000. The Hall–Kier alpha value is -2.37. The summed E-state index contributed by atoms with van der Waals surface area (Å²) in [6, 6.07) is 6.69. The number of benzene rings is 1. The Balaban J connectivity index is 1.60. The lowest BCUT2D eigenvalue weighted by atomic mass is 9.53. The van der Waals surface area contributed by atoms with Crippen LogP contribution >= 0.6 is 0 Å². The van der Waals surface area contributed by atoms with E-state index in [9.17, 15) is 5.11 Å². The lowest BCUT2D eigenvalue weighted by Gasteiger charge is -2.56. The summed E-state index contributed by atoms with van der Waals surface area (Å²) < 4.78 is 12.3. The number of piperidine rings is 1. The molecule has 1 saturated heterocycles. The molecular weight excluding hydrogens is 364 g/mol. The number of rotatable bonds is 3. The molecule has 6 rings (SSSR count). The summed E-state index contributed by atoms with van der Waals surface area (Å²) in [7, 11) is 3.94. The molecule has 2 aliphatic heterocycles. The lowest BCUT2D eigenvalue weighted by molar-refractivity contribution is -0.0454. The second-order valence-electron chi connectivity index (χ2n) is 8.94. The van der Waals surface area contributed by atoms with Gasteiger partial charge in [0, 0.05) is 35.3 Å². The first kappa shape index (κ1) is 17.5. The number of ether oxygens (including phenoxy) is 2. The average molecular weight is 390 g/mol. The van der Waals surface area contributed by atoms with Crippen molar-refractivity contribution in [3.05, 3.63) is 65.0 Å². The van der Waals surface area contributed by atoms with Gasteiger partial charge in [-0.2, -0.15) is 0 Å². The molecule has 5 nitrogen and oxygen atoms in total. The molecule has 1 aromatic heterocycles. The van der Waals surface area contributed by atoms with Gasteiger partial charge >= 0.3 is 0 Å². The highest BCUT2D eigenvalue weighted by Gasteiger charge is 2.64. The third kappa shape index (κ3) is 2.20. The molecule has 2 bridgehead atoms. The van der Waals surface area contributed by atoms with E-state index in [4.69, 9.17) is 9.47 Å². The van der Waals surface area contributed by atoms with Crippen LogP contribution in [0.1, 0.15) is 28.7 Å². The molecule has 5 heteroatoms. The summed E-state index contributed by atoms with van der Waals surface area (Å²) in [6.07, 6.45) is 9.96. The molecular formula is C24H26N2O3. The molecule has 0 saturated carbocycles. The highest BCUT2D eigenvalue weighted by Crippen LogP contribution is 2.63. The monoisotopic (exact) mass is 390 g/mol. The SMILES string of the molecule is COc1cc(Cc2cccnc2)c2c3c1O[C@H]1[C@@H](O)C=C[C@H]4[C@@H](C2)N(C)CC[C@@]341. The van der Waals surface area contributed by atoms with Crippen molar-refractivity contribution in [2.75, 3.05) is 20.7 Å². The third-order valence-electron chi connectivity index (χ3n) is 7.69. The van der Waals surface area contributed by atoms with Gasteiger partial charge in [0.1, 0.15) is 12.2 Å². The van der Waals surface area contributed by atoms with Crippen molar-refractivity contribution >= 4 is 0 Å². The van der Waals surface area contributed by atoms with Gasteiger partial charge in [-0.1, -0.05) is 18.2 Å². The normalized spacial score (nSPS) is 33.9. The summed E-state index contributed by atoms with van der Waals surface area (Å²) >= 11 is 0. The van der Waals surface area contributed by atoms with Crippen molar-refractivity contribution in [3.63, 3.8) is 0 Å². The van der Waals surface area contributed by atoms with E-state index in [1.165, 1.54) is 22.3 Å². The first-order valence-electron chi connectivity index (χ1n) is 10.5. The highest BCUT2D eigenvalue weighted by atomic mass is 16.5. The van der Waals surface area contributed by atoms with E-state index in [0.717, 1.165) is 37.3 Å². The van der Waals surface area contributed by atoms with Crippen molar-refractivity contribution in [2.24, 2.45) is 5.92 Å². The zero-order chi connectivity index (χ0) is 19.8. The van der Waals surface area contributed by atoms with Gasteiger partial charge in [0.05, 0.1) is 7.11 Å². The average Bonchev–Trinajstić information content (AvgIpc) is 3.09. The molecule has 5 atom stereocenters. The van der Waals surface area contributed by atoms with Gasteiger partial charge in [0.15, 0.2) is 11.5 Å². The molecule has 0 radical (unpaired) electrons. The van der Waals surface area contributed by atoms with Crippen LogP contribution in [0.15, 0.2) is 42.7 Å². The lowest BCUT2D eigenvalue weighted by Crippen LogP contribution is -2.64. The first-order chi connectivity index (χ1) is 14.1. The van der Waals surface area contributed by atoms with E-state index in [1.54, 1.807) is 7.11 Å². The zero-order valence-electron chi connectivity index (χ0n) is 16.8. The minimum Gasteiger partial charge on any atom is -0.493 e. The van der Waals surface area contributed by atoms with Gasteiger partial charge in [-0.05, 0) is 61.7 Å². The highest BCUT2D eigenvalue weighted by molar-refractivity contribution is 5.65. The van der Waals surface area contributed by atoms with Gasteiger partial charge in [-0.25, -0.2) is 0 Å². The van der Waals surface area contributed by atoms with Gasteiger partial charge < -0.3 is 19.5 Å². The Kier molecular flexibility index (Phi) is 3.66. The van der Waals surface area contributed by atoms with Gasteiger partial charge in [0.2, 0.25) is 0 Å². The van der Waals surface area contributed by atoms with Gasteiger partial charge in [-0.15, -0.1) is 0 Å². The topological polar surface area (TPSA) is 54.8 Å². The van der Waals surface area contributed by atoms with Crippen LogP contribution < -0.4 is 9.47 Å². The number of hydrogen-bond donors (Lipinski definition) is 1. The maximum Gasteiger partial charge on any atom is 0.166 e. The van der Waals surface area contributed by atoms with Crippen LogP contribution in [0, 0.1) is 5.92 Å². The largest absolute Gasteiger partial charge is 0.493 e. The quantitative estimate of drug-likeness (QED) is 0.816. The number of aliphatic hydroxyl groups excluding tert-OH is 1. The Morgan fingerprint density at radius 3 is 3.07 bits per heavy atom.